The fourth-order valence-corrected chi connectivity index (χ4v) is 5.82. The number of hydrogen-bond donors (Lipinski definition) is 0. The second kappa shape index (κ2) is 9.96. The summed E-state index contributed by atoms with van der Waals surface area (Å²) in [6.45, 7) is 6.20. The normalized spacial score (nSPS) is 23.1. The molecule has 2 aromatic carbocycles. The van der Waals surface area contributed by atoms with Gasteiger partial charge in [-0.3, -0.25) is 19.2 Å². The Hall–Kier alpha value is -3.74. The van der Waals surface area contributed by atoms with Gasteiger partial charge in [-0.2, -0.15) is 0 Å². The van der Waals surface area contributed by atoms with E-state index in [1.165, 1.54) is 4.90 Å². The minimum atomic E-state index is -0.570. The summed E-state index contributed by atoms with van der Waals surface area (Å²) in [7, 11) is 0. The van der Waals surface area contributed by atoms with Crippen molar-refractivity contribution in [3.8, 4) is 5.75 Å². The Bertz CT molecular complexity index is 1260. The molecule has 192 valence electrons. The number of esters is 1. The lowest BCUT2D eigenvalue weighted by atomic mass is 9.85. The van der Waals surface area contributed by atoms with Crippen LogP contribution in [-0.4, -0.2) is 30.2 Å². The first-order valence-electron chi connectivity index (χ1n) is 13.1. The molecule has 3 atom stereocenters. The molecule has 2 fully saturated rings. The summed E-state index contributed by atoms with van der Waals surface area (Å²) < 4.78 is 5.67. The van der Waals surface area contributed by atoms with Crippen LogP contribution in [0.25, 0.3) is 0 Å². The van der Waals surface area contributed by atoms with Crippen molar-refractivity contribution in [2.75, 3.05) is 16.3 Å². The van der Waals surface area contributed by atoms with Gasteiger partial charge in [0.1, 0.15) is 5.75 Å². The summed E-state index contributed by atoms with van der Waals surface area (Å²) in [6, 6.07) is 11.0. The van der Waals surface area contributed by atoms with Crippen LogP contribution in [0.4, 0.5) is 11.4 Å². The van der Waals surface area contributed by atoms with Crippen molar-refractivity contribution in [2.24, 2.45) is 17.8 Å². The molecule has 3 amide bonds. The highest BCUT2D eigenvalue weighted by atomic mass is 16.5. The van der Waals surface area contributed by atoms with E-state index in [0.717, 1.165) is 29.7 Å². The van der Waals surface area contributed by atoms with Gasteiger partial charge in [0.15, 0.2) is 0 Å². The van der Waals surface area contributed by atoms with Crippen molar-refractivity contribution in [2.45, 2.75) is 52.9 Å². The lowest BCUT2D eigenvalue weighted by Gasteiger charge is -2.23. The van der Waals surface area contributed by atoms with E-state index in [2.05, 4.69) is 13.8 Å². The Morgan fingerprint density at radius 2 is 1.57 bits per heavy atom. The summed E-state index contributed by atoms with van der Waals surface area (Å²) in [4.78, 5) is 54.9. The first-order chi connectivity index (χ1) is 17.8. The molecule has 0 spiro atoms. The summed E-state index contributed by atoms with van der Waals surface area (Å²) in [5.41, 5.74) is 4.30. The van der Waals surface area contributed by atoms with Crippen LogP contribution in [-0.2, 0) is 32.0 Å². The summed E-state index contributed by atoms with van der Waals surface area (Å²) in [5, 5.41) is 0. The highest BCUT2D eigenvalue weighted by Crippen LogP contribution is 2.39. The lowest BCUT2D eigenvalue weighted by Crippen LogP contribution is -2.31. The van der Waals surface area contributed by atoms with Crippen LogP contribution in [0.15, 0.2) is 48.6 Å². The number of para-hydroxylation sites is 1. The molecule has 0 bridgehead atoms. The summed E-state index contributed by atoms with van der Waals surface area (Å²) in [6.07, 6.45) is 6.79. The van der Waals surface area contributed by atoms with E-state index in [1.54, 1.807) is 30.0 Å². The molecule has 0 aromatic heterocycles. The number of ether oxygens (including phenoxy) is 1. The van der Waals surface area contributed by atoms with E-state index >= 15 is 0 Å². The quantitative estimate of drug-likeness (QED) is 0.252. The van der Waals surface area contributed by atoms with Gasteiger partial charge < -0.3 is 9.64 Å². The third-order valence-electron chi connectivity index (χ3n) is 7.83. The number of fused-ring (bicyclic) bond motifs is 1. The topological polar surface area (TPSA) is 84.0 Å². The molecule has 37 heavy (non-hydrogen) atoms. The molecule has 2 aromatic rings. The van der Waals surface area contributed by atoms with Gasteiger partial charge in [0.2, 0.25) is 17.7 Å². The molecular formula is C30H32N2O5. The van der Waals surface area contributed by atoms with Gasteiger partial charge in [0.25, 0.3) is 0 Å². The third kappa shape index (κ3) is 4.37. The fourth-order valence-electron chi connectivity index (χ4n) is 5.82. The molecule has 2 saturated heterocycles. The summed E-state index contributed by atoms with van der Waals surface area (Å²) >= 11 is 0. The number of imide groups is 1. The SMILES string of the molecule is CCc1cccc(CC)c1N1C[C@@H](C(=O)Oc2ccc(N3C(=O)[C@H]4CC=CC[C@H]4C3=O)c(C)c2)CC1=O. The molecule has 0 radical (unpaired) electrons. The van der Waals surface area contributed by atoms with Crippen LogP contribution >= 0.6 is 0 Å². The minimum absolute atomic E-state index is 0.0777. The fraction of sp³-hybridized carbons (Fsp3) is 0.400. The van der Waals surface area contributed by atoms with Crippen molar-refractivity contribution in [1.82, 2.24) is 0 Å². The second-order valence-electron chi connectivity index (χ2n) is 10.1. The zero-order chi connectivity index (χ0) is 26.3. The van der Waals surface area contributed by atoms with E-state index < -0.39 is 11.9 Å². The maximum Gasteiger partial charge on any atom is 0.316 e. The largest absolute Gasteiger partial charge is 0.426 e. The van der Waals surface area contributed by atoms with Gasteiger partial charge in [-0.25, -0.2) is 4.90 Å². The first kappa shape index (κ1) is 24.9. The van der Waals surface area contributed by atoms with Gasteiger partial charge in [-0.05, 0) is 67.5 Å². The van der Waals surface area contributed by atoms with E-state index in [4.69, 9.17) is 4.74 Å². The molecule has 3 aliphatic rings. The number of benzene rings is 2. The first-order valence-corrected chi connectivity index (χ1v) is 13.1. The molecule has 7 nitrogen and oxygen atoms in total. The average molecular weight is 501 g/mol. The molecular weight excluding hydrogens is 468 g/mol. The van der Waals surface area contributed by atoms with Crippen LogP contribution in [0.2, 0.25) is 0 Å². The standard InChI is InChI=1S/C30H32N2O5/c1-4-19-9-8-10-20(5-2)27(19)31-17-21(16-26(31)33)30(36)37-22-13-14-25(18(3)15-22)32-28(34)23-11-6-7-12-24(23)29(32)35/h6-10,13-15,21,23-24H,4-5,11-12,16-17H2,1-3H3/t21-,23-,24+/m0/s1. The number of carbonyl (C=O) groups is 4. The predicted molar refractivity (Wildman–Crippen MR) is 140 cm³/mol. The zero-order valence-corrected chi connectivity index (χ0v) is 21.5. The summed E-state index contributed by atoms with van der Waals surface area (Å²) in [5.74, 6) is -1.72. The van der Waals surface area contributed by atoms with Crippen LogP contribution in [0.3, 0.4) is 0 Å². The molecule has 2 heterocycles. The number of amides is 3. The van der Waals surface area contributed by atoms with Crippen molar-refractivity contribution < 1.29 is 23.9 Å². The van der Waals surface area contributed by atoms with Crippen LogP contribution in [0, 0.1) is 24.7 Å². The highest BCUT2D eigenvalue weighted by molar-refractivity contribution is 6.22. The molecule has 1 aliphatic carbocycles. The second-order valence-corrected chi connectivity index (χ2v) is 10.1. The Kier molecular flexibility index (Phi) is 6.71. The number of allylic oxidation sites excluding steroid dienone is 2. The van der Waals surface area contributed by atoms with Crippen molar-refractivity contribution in [3.63, 3.8) is 0 Å². The number of anilines is 2. The monoisotopic (exact) mass is 500 g/mol. The third-order valence-corrected chi connectivity index (χ3v) is 7.83. The number of aryl methyl sites for hydroxylation is 3. The van der Waals surface area contributed by atoms with Crippen molar-refractivity contribution >= 4 is 35.1 Å². The molecule has 7 heteroatoms. The molecule has 0 saturated carbocycles. The van der Waals surface area contributed by atoms with Gasteiger partial charge in [-0.15, -0.1) is 0 Å². The van der Waals surface area contributed by atoms with Gasteiger partial charge in [0.05, 0.1) is 23.4 Å². The minimum Gasteiger partial charge on any atom is -0.426 e. The lowest BCUT2D eigenvalue weighted by molar-refractivity contribution is -0.139. The maximum atomic E-state index is 13.0. The predicted octanol–water partition coefficient (Wildman–Crippen LogP) is 4.53. The zero-order valence-electron chi connectivity index (χ0n) is 21.5. The van der Waals surface area contributed by atoms with E-state index in [0.29, 0.717) is 29.8 Å². The molecule has 0 N–H and O–H groups in total. The van der Waals surface area contributed by atoms with E-state index in [9.17, 15) is 19.2 Å². The number of hydrogen-bond acceptors (Lipinski definition) is 5. The number of nitrogens with zero attached hydrogens (tertiary/aromatic N) is 2. The average Bonchev–Trinajstić information content (AvgIpc) is 3.41. The molecule has 5 rings (SSSR count). The highest BCUT2D eigenvalue weighted by Gasteiger charge is 2.48. The van der Waals surface area contributed by atoms with Crippen LogP contribution in [0.5, 0.6) is 5.75 Å². The van der Waals surface area contributed by atoms with Crippen molar-refractivity contribution in [3.05, 3.63) is 65.2 Å². The van der Waals surface area contributed by atoms with Gasteiger partial charge >= 0.3 is 5.97 Å². The Morgan fingerprint density at radius 3 is 2.14 bits per heavy atom. The molecule has 0 unspecified atom stereocenters. The molecule has 2 aliphatic heterocycles. The Morgan fingerprint density at radius 1 is 0.946 bits per heavy atom. The Balaban J connectivity index is 1.30. The van der Waals surface area contributed by atoms with Crippen LogP contribution in [0.1, 0.15) is 49.8 Å². The van der Waals surface area contributed by atoms with E-state index in [1.807, 2.05) is 30.4 Å². The maximum absolute atomic E-state index is 13.0. The van der Waals surface area contributed by atoms with Gasteiger partial charge in [-0.1, -0.05) is 44.2 Å². The smallest absolute Gasteiger partial charge is 0.316 e. The van der Waals surface area contributed by atoms with Crippen LogP contribution < -0.4 is 14.5 Å². The van der Waals surface area contributed by atoms with E-state index in [-0.39, 0.29) is 42.5 Å². The van der Waals surface area contributed by atoms with Crippen molar-refractivity contribution in [1.29, 1.82) is 0 Å². The number of rotatable bonds is 6. The number of carbonyl (C=O) groups excluding carboxylic acids is 4. The Labute approximate surface area is 217 Å². The van der Waals surface area contributed by atoms with Gasteiger partial charge in [0, 0.05) is 18.7 Å².